The molecule has 30 heavy (non-hydrogen) atoms. The van der Waals surface area contributed by atoms with Gasteiger partial charge in [-0.2, -0.15) is 0 Å². The van der Waals surface area contributed by atoms with E-state index in [1.807, 2.05) is 0 Å². The molecular formula is C24H49KO4S. The molecule has 0 aliphatic rings. The minimum atomic E-state index is -4.11. The van der Waals surface area contributed by atoms with Crippen LogP contribution in [0.1, 0.15) is 142 Å². The molecule has 6 heteroatoms. The first kappa shape index (κ1) is 33.7. The Balaban J connectivity index is 0. The summed E-state index contributed by atoms with van der Waals surface area (Å²) in [5.41, 5.74) is 0. The average Bonchev–Trinajstić information content (AvgIpc) is 2.67. The van der Waals surface area contributed by atoms with Crippen LogP contribution in [0.4, 0.5) is 0 Å². The third-order valence-electron chi connectivity index (χ3n) is 6.07. The van der Waals surface area contributed by atoms with E-state index in [0.717, 1.165) is 38.5 Å². The monoisotopic (exact) mass is 472 g/mol. The van der Waals surface area contributed by atoms with Crippen LogP contribution in [0.3, 0.4) is 0 Å². The summed E-state index contributed by atoms with van der Waals surface area (Å²) in [4.78, 5) is 0. The Hall–Kier alpha value is 1.51. The van der Waals surface area contributed by atoms with E-state index in [0.29, 0.717) is 12.8 Å². The van der Waals surface area contributed by atoms with Crippen LogP contribution in [-0.2, 0) is 10.1 Å². The maximum Gasteiger partial charge on any atom is 1.00 e. The molecule has 2 atom stereocenters. The van der Waals surface area contributed by atoms with Gasteiger partial charge >= 0.3 is 51.4 Å². The van der Waals surface area contributed by atoms with Crippen molar-refractivity contribution in [2.75, 3.05) is 0 Å². The van der Waals surface area contributed by atoms with Gasteiger partial charge in [-0.1, -0.05) is 117 Å². The minimum Gasteiger partial charge on any atom is -0.748 e. The minimum absolute atomic E-state index is 0. The molecule has 1 N–H and O–H groups in total. The maximum absolute atomic E-state index is 11.0. The van der Waals surface area contributed by atoms with Crippen molar-refractivity contribution in [3.8, 4) is 0 Å². The van der Waals surface area contributed by atoms with Crippen molar-refractivity contribution in [1.29, 1.82) is 0 Å². The Labute approximate surface area is 230 Å². The molecule has 0 bridgehead atoms. The average molecular weight is 473 g/mol. The van der Waals surface area contributed by atoms with Crippen LogP contribution >= 0.6 is 0 Å². The van der Waals surface area contributed by atoms with Crippen molar-refractivity contribution in [2.24, 2.45) is 0 Å². The molecule has 0 aromatic carbocycles. The molecule has 0 aromatic heterocycles. The van der Waals surface area contributed by atoms with Crippen molar-refractivity contribution < 1.29 is 69.5 Å². The second kappa shape index (κ2) is 23.7. The third kappa shape index (κ3) is 22.7. The van der Waals surface area contributed by atoms with Gasteiger partial charge in [0.1, 0.15) is 0 Å². The summed E-state index contributed by atoms with van der Waals surface area (Å²) < 4.78 is 33.1. The number of aliphatic hydroxyl groups excluding tert-OH is 1. The molecule has 0 radical (unpaired) electrons. The van der Waals surface area contributed by atoms with Crippen LogP contribution < -0.4 is 51.4 Å². The van der Waals surface area contributed by atoms with Gasteiger partial charge in [-0.05, 0) is 25.7 Å². The van der Waals surface area contributed by atoms with Crippen LogP contribution in [0.5, 0.6) is 0 Å². The van der Waals surface area contributed by atoms with E-state index in [-0.39, 0.29) is 57.5 Å². The van der Waals surface area contributed by atoms with Gasteiger partial charge < -0.3 is 9.66 Å². The van der Waals surface area contributed by atoms with Crippen LogP contribution in [-0.4, -0.2) is 29.4 Å². The fourth-order valence-corrected chi connectivity index (χ4v) is 4.89. The van der Waals surface area contributed by atoms with E-state index in [2.05, 4.69) is 6.92 Å². The normalized spacial score (nSPS) is 13.7. The van der Waals surface area contributed by atoms with Crippen molar-refractivity contribution in [1.82, 2.24) is 0 Å². The number of rotatable bonds is 22. The van der Waals surface area contributed by atoms with Gasteiger partial charge in [-0.25, -0.2) is 8.42 Å². The predicted molar refractivity (Wildman–Crippen MR) is 123 cm³/mol. The summed E-state index contributed by atoms with van der Waals surface area (Å²) in [7, 11) is -4.11. The predicted octanol–water partition coefficient (Wildman–Crippen LogP) is 4.11. The summed E-state index contributed by atoms with van der Waals surface area (Å²) in [6, 6.07) is 0. The Kier molecular flexibility index (Phi) is 26.6. The first-order valence-corrected chi connectivity index (χ1v) is 14.0. The zero-order valence-electron chi connectivity index (χ0n) is 20.4. The van der Waals surface area contributed by atoms with E-state index in [9.17, 15) is 18.1 Å². The van der Waals surface area contributed by atoms with Gasteiger partial charge in [0.15, 0.2) is 0 Å². The van der Waals surface area contributed by atoms with Crippen molar-refractivity contribution in [2.45, 2.75) is 154 Å². The summed E-state index contributed by atoms with van der Waals surface area (Å²) in [5, 5.41) is 9.38. The molecule has 2 unspecified atom stereocenters. The Morgan fingerprint density at radius 2 is 0.967 bits per heavy atom. The smallest absolute Gasteiger partial charge is 0.748 e. The molecule has 4 nitrogen and oxygen atoms in total. The van der Waals surface area contributed by atoms with E-state index < -0.39 is 15.4 Å². The van der Waals surface area contributed by atoms with E-state index in [1.165, 1.54) is 77.0 Å². The molecule has 0 rings (SSSR count). The zero-order valence-corrected chi connectivity index (χ0v) is 24.3. The second-order valence-corrected chi connectivity index (χ2v) is 10.5. The molecule has 0 aromatic rings. The van der Waals surface area contributed by atoms with Crippen LogP contribution in [0.25, 0.3) is 0 Å². The molecule has 0 amide bonds. The fourth-order valence-electron chi connectivity index (χ4n) is 4.02. The SMILES string of the molecule is CCCCCCCCCCC(O)CCCCCCCCCCC(CC)S(=O)(=O)[O-].[K+]. The molecule has 0 aliphatic carbocycles. The van der Waals surface area contributed by atoms with Gasteiger partial charge in [0.2, 0.25) is 0 Å². The van der Waals surface area contributed by atoms with Gasteiger partial charge in [0.05, 0.1) is 16.2 Å². The molecular weight excluding hydrogens is 423 g/mol. The Morgan fingerprint density at radius 1 is 0.633 bits per heavy atom. The first-order valence-electron chi connectivity index (χ1n) is 12.5. The Bertz CT molecular complexity index is 442. The van der Waals surface area contributed by atoms with Crippen molar-refractivity contribution in [3.63, 3.8) is 0 Å². The molecule has 0 spiro atoms. The molecule has 0 heterocycles. The zero-order chi connectivity index (χ0) is 21.8. The van der Waals surface area contributed by atoms with Crippen LogP contribution in [0.15, 0.2) is 0 Å². The first-order chi connectivity index (χ1) is 13.9. The molecule has 0 aliphatic heterocycles. The molecule has 0 saturated heterocycles. The number of hydrogen-bond donors (Lipinski definition) is 1. The number of hydrogen-bond acceptors (Lipinski definition) is 4. The third-order valence-corrected chi connectivity index (χ3v) is 7.45. The maximum atomic E-state index is 11.0. The van der Waals surface area contributed by atoms with Crippen LogP contribution in [0, 0.1) is 0 Å². The largest absolute Gasteiger partial charge is 1.00 e. The molecule has 0 saturated carbocycles. The van der Waals surface area contributed by atoms with Gasteiger partial charge in [-0.3, -0.25) is 0 Å². The van der Waals surface area contributed by atoms with Gasteiger partial charge in [0.25, 0.3) is 0 Å². The van der Waals surface area contributed by atoms with Crippen LogP contribution in [0.2, 0.25) is 0 Å². The Morgan fingerprint density at radius 3 is 1.30 bits per heavy atom. The van der Waals surface area contributed by atoms with Gasteiger partial charge in [0, 0.05) is 5.25 Å². The topological polar surface area (TPSA) is 77.4 Å². The summed E-state index contributed by atoms with van der Waals surface area (Å²) in [5.74, 6) is 0. The van der Waals surface area contributed by atoms with Crippen molar-refractivity contribution in [3.05, 3.63) is 0 Å². The van der Waals surface area contributed by atoms with E-state index in [4.69, 9.17) is 0 Å². The number of unbranched alkanes of at least 4 members (excludes halogenated alkanes) is 14. The quantitative estimate of drug-likeness (QED) is 0.146. The number of aliphatic hydroxyl groups is 1. The fraction of sp³-hybridized carbons (Fsp3) is 1.00. The molecule has 176 valence electrons. The van der Waals surface area contributed by atoms with E-state index in [1.54, 1.807) is 6.92 Å². The van der Waals surface area contributed by atoms with Crippen molar-refractivity contribution >= 4 is 10.1 Å². The summed E-state index contributed by atoms with van der Waals surface area (Å²) >= 11 is 0. The summed E-state index contributed by atoms with van der Waals surface area (Å²) in [6.07, 6.45) is 22.2. The molecule has 0 fully saturated rings. The second-order valence-electron chi connectivity index (χ2n) is 8.85. The summed E-state index contributed by atoms with van der Waals surface area (Å²) in [6.45, 7) is 4.02. The van der Waals surface area contributed by atoms with E-state index >= 15 is 0 Å². The standard InChI is InChI=1S/C24H50O4S.K/c1-3-5-6-7-8-11-14-17-20-23(25)21-18-15-12-9-10-13-16-19-22-24(4-2)29(26,27)28;/h23-25H,3-22H2,1-2H3,(H,26,27,28);/q;+1/p-1. The van der Waals surface area contributed by atoms with Gasteiger partial charge in [-0.15, -0.1) is 0 Å².